The lowest BCUT2D eigenvalue weighted by molar-refractivity contribution is 0.0413. The van der Waals surface area contributed by atoms with Gasteiger partial charge in [0.1, 0.15) is 0 Å². The van der Waals surface area contributed by atoms with Crippen LogP contribution >= 0.6 is 0 Å². The largest absolute Gasteiger partial charge is 0.389 e. The molecule has 0 spiro atoms. The van der Waals surface area contributed by atoms with Gasteiger partial charge in [-0.3, -0.25) is 4.90 Å². The van der Waals surface area contributed by atoms with E-state index in [1.807, 2.05) is 25.1 Å². The Morgan fingerprint density at radius 2 is 1.93 bits per heavy atom. The second kappa shape index (κ2) is 4.31. The Hall–Kier alpha value is -0.900. The van der Waals surface area contributed by atoms with Gasteiger partial charge in [-0.1, -0.05) is 30.3 Å². The van der Waals surface area contributed by atoms with E-state index < -0.39 is 12.2 Å². The van der Waals surface area contributed by atoms with Crippen molar-refractivity contribution in [1.29, 1.82) is 0 Å². The summed E-state index contributed by atoms with van der Waals surface area (Å²) in [6, 6.07) is 10.1. The molecule has 0 aliphatic carbocycles. The van der Waals surface area contributed by atoms with Gasteiger partial charge in [-0.25, -0.2) is 0 Å². The zero-order valence-corrected chi connectivity index (χ0v) is 8.87. The maximum atomic E-state index is 9.62. The molecule has 3 nitrogen and oxygen atoms in total. The van der Waals surface area contributed by atoms with Gasteiger partial charge in [-0.2, -0.15) is 0 Å². The summed E-state index contributed by atoms with van der Waals surface area (Å²) in [5.74, 6) is 0. The van der Waals surface area contributed by atoms with Gasteiger partial charge in [0, 0.05) is 19.1 Å². The summed E-state index contributed by atoms with van der Waals surface area (Å²) in [7, 11) is 0. The number of aliphatic hydroxyl groups excluding tert-OH is 2. The molecule has 0 bridgehead atoms. The predicted octanol–water partition coefficient (Wildman–Crippen LogP) is 0.612. The van der Waals surface area contributed by atoms with Crippen molar-refractivity contribution < 1.29 is 10.2 Å². The Kier molecular flexibility index (Phi) is 3.05. The summed E-state index contributed by atoms with van der Waals surface area (Å²) in [5.41, 5.74) is 1.21. The first kappa shape index (κ1) is 10.6. The Morgan fingerprint density at radius 3 is 2.47 bits per heavy atom. The monoisotopic (exact) mass is 207 g/mol. The van der Waals surface area contributed by atoms with Crippen LogP contribution in [0.2, 0.25) is 0 Å². The van der Waals surface area contributed by atoms with Crippen LogP contribution in [0.5, 0.6) is 0 Å². The fraction of sp³-hybridized carbons (Fsp3) is 0.500. The summed E-state index contributed by atoms with van der Waals surface area (Å²) < 4.78 is 0. The first-order valence-corrected chi connectivity index (χ1v) is 5.32. The highest BCUT2D eigenvalue weighted by Crippen LogP contribution is 2.20. The summed E-state index contributed by atoms with van der Waals surface area (Å²) >= 11 is 0. The Bertz CT molecular complexity index is 315. The molecule has 0 aromatic heterocycles. The van der Waals surface area contributed by atoms with Crippen LogP contribution in [0.3, 0.4) is 0 Å². The lowest BCUT2D eigenvalue weighted by atomic mass is 10.1. The maximum Gasteiger partial charge on any atom is 0.0963 e. The van der Waals surface area contributed by atoms with Gasteiger partial charge in [-0.05, 0) is 12.5 Å². The molecular formula is C12H17NO2. The highest BCUT2D eigenvalue weighted by Gasteiger charge is 2.36. The minimum Gasteiger partial charge on any atom is -0.389 e. The zero-order chi connectivity index (χ0) is 10.8. The van der Waals surface area contributed by atoms with Crippen molar-refractivity contribution in [3.05, 3.63) is 35.9 Å². The van der Waals surface area contributed by atoms with Gasteiger partial charge in [0.2, 0.25) is 0 Å². The number of rotatable bonds is 2. The summed E-state index contributed by atoms with van der Waals surface area (Å²) in [4.78, 5) is 2.10. The highest BCUT2D eigenvalue weighted by molar-refractivity contribution is 5.15. The molecule has 1 heterocycles. The molecule has 1 aliphatic rings. The van der Waals surface area contributed by atoms with Gasteiger partial charge in [0.05, 0.1) is 12.2 Å². The number of hydrogen-bond acceptors (Lipinski definition) is 3. The molecule has 1 aromatic carbocycles. The van der Waals surface area contributed by atoms with E-state index in [1.165, 1.54) is 5.56 Å². The maximum absolute atomic E-state index is 9.62. The average Bonchev–Trinajstić information content (AvgIpc) is 2.48. The Balaban J connectivity index is 2.02. The quantitative estimate of drug-likeness (QED) is 0.747. The van der Waals surface area contributed by atoms with Crippen LogP contribution in [-0.4, -0.2) is 39.9 Å². The highest BCUT2D eigenvalue weighted by atomic mass is 16.3. The molecule has 3 heteroatoms. The second-order valence-electron chi connectivity index (χ2n) is 4.21. The van der Waals surface area contributed by atoms with Crippen molar-refractivity contribution in [3.63, 3.8) is 0 Å². The molecule has 1 unspecified atom stereocenters. The van der Waals surface area contributed by atoms with Crippen molar-refractivity contribution in [3.8, 4) is 0 Å². The lowest BCUT2D eigenvalue weighted by Gasteiger charge is -2.21. The van der Waals surface area contributed by atoms with Gasteiger partial charge < -0.3 is 10.2 Å². The standard InChI is InChI=1S/C12H17NO2/c1-9-12(15)11(14)8-13(9)7-10-5-3-2-4-6-10/h2-6,9,11-12,14-15H,7-8H2,1H3/t9?,11-,12+/m1/s1. The van der Waals surface area contributed by atoms with Crippen LogP contribution in [0.1, 0.15) is 12.5 Å². The SMILES string of the molecule is CC1[C@H](O)[C@H](O)CN1Cc1ccccc1. The number of β-amino-alcohol motifs (C(OH)–C–C–N with tert-alkyl or cyclic N) is 1. The molecule has 1 aromatic rings. The fourth-order valence-corrected chi connectivity index (χ4v) is 2.08. The van der Waals surface area contributed by atoms with Crippen molar-refractivity contribution in [2.45, 2.75) is 31.7 Å². The van der Waals surface area contributed by atoms with Crippen molar-refractivity contribution >= 4 is 0 Å². The van der Waals surface area contributed by atoms with Gasteiger partial charge in [-0.15, -0.1) is 0 Å². The third-order valence-electron chi connectivity index (χ3n) is 3.11. The van der Waals surface area contributed by atoms with Crippen molar-refractivity contribution in [2.24, 2.45) is 0 Å². The van der Waals surface area contributed by atoms with Crippen LogP contribution in [-0.2, 0) is 6.54 Å². The van der Waals surface area contributed by atoms with Gasteiger partial charge in [0.25, 0.3) is 0 Å². The van der Waals surface area contributed by atoms with E-state index in [0.29, 0.717) is 6.54 Å². The summed E-state index contributed by atoms with van der Waals surface area (Å²) in [6.07, 6.45) is -1.22. The number of hydrogen-bond donors (Lipinski definition) is 2. The van der Waals surface area contributed by atoms with Crippen molar-refractivity contribution in [1.82, 2.24) is 4.90 Å². The molecule has 82 valence electrons. The van der Waals surface area contributed by atoms with Crippen LogP contribution in [0.25, 0.3) is 0 Å². The number of nitrogens with zero attached hydrogens (tertiary/aromatic N) is 1. The van der Waals surface area contributed by atoms with Crippen molar-refractivity contribution in [2.75, 3.05) is 6.54 Å². The van der Waals surface area contributed by atoms with Gasteiger partial charge in [0.15, 0.2) is 0 Å². The molecule has 15 heavy (non-hydrogen) atoms. The molecule has 3 atom stereocenters. The van der Waals surface area contributed by atoms with E-state index in [0.717, 1.165) is 6.54 Å². The van der Waals surface area contributed by atoms with Crippen LogP contribution in [0, 0.1) is 0 Å². The minimum atomic E-state index is -0.617. The van der Waals surface area contributed by atoms with E-state index in [1.54, 1.807) is 0 Å². The average molecular weight is 207 g/mol. The zero-order valence-electron chi connectivity index (χ0n) is 8.87. The van der Waals surface area contributed by atoms with E-state index in [9.17, 15) is 10.2 Å². The summed E-state index contributed by atoms with van der Waals surface area (Å²) in [5, 5.41) is 19.1. The molecule has 2 rings (SSSR count). The van der Waals surface area contributed by atoms with Crippen LogP contribution < -0.4 is 0 Å². The Morgan fingerprint density at radius 1 is 1.27 bits per heavy atom. The molecule has 1 aliphatic heterocycles. The molecule has 0 radical (unpaired) electrons. The molecular weight excluding hydrogens is 190 g/mol. The second-order valence-corrected chi connectivity index (χ2v) is 4.21. The first-order valence-electron chi connectivity index (χ1n) is 5.32. The third kappa shape index (κ3) is 2.20. The topological polar surface area (TPSA) is 43.7 Å². The van der Waals surface area contributed by atoms with Crippen LogP contribution in [0.4, 0.5) is 0 Å². The predicted molar refractivity (Wildman–Crippen MR) is 58.3 cm³/mol. The van der Waals surface area contributed by atoms with Crippen LogP contribution in [0.15, 0.2) is 30.3 Å². The minimum absolute atomic E-state index is 0.0280. The first-order chi connectivity index (χ1) is 7.18. The lowest BCUT2D eigenvalue weighted by Crippen LogP contribution is -2.32. The fourth-order valence-electron chi connectivity index (χ4n) is 2.08. The molecule has 0 amide bonds. The van der Waals surface area contributed by atoms with Gasteiger partial charge >= 0.3 is 0 Å². The number of aliphatic hydroxyl groups is 2. The molecule has 0 saturated carbocycles. The summed E-state index contributed by atoms with van der Waals surface area (Å²) in [6.45, 7) is 3.29. The van der Waals surface area contributed by atoms with E-state index >= 15 is 0 Å². The number of benzene rings is 1. The van der Waals surface area contributed by atoms with E-state index in [-0.39, 0.29) is 6.04 Å². The van der Waals surface area contributed by atoms with E-state index in [4.69, 9.17) is 0 Å². The molecule has 1 fully saturated rings. The normalized spacial score (nSPS) is 32.1. The smallest absolute Gasteiger partial charge is 0.0963 e. The number of likely N-dealkylation sites (tertiary alicyclic amines) is 1. The molecule has 1 saturated heterocycles. The molecule has 2 N–H and O–H groups in total. The third-order valence-corrected chi connectivity index (χ3v) is 3.11. The Labute approximate surface area is 90.0 Å². The van der Waals surface area contributed by atoms with E-state index in [2.05, 4.69) is 17.0 Å².